The summed E-state index contributed by atoms with van der Waals surface area (Å²) in [5.41, 5.74) is 11.1. The van der Waals surface area contributed by atoms with E-state index in [1.165, 1.54) is 44.0 Å². The molecule has 0 unspecified atom stereocenters. The maximum Gasteiger partial charge on any atom is 0.0801 e. The fourth-order valence-corrected chi connectivity index (χ4v) is 5.08. The van der Waals surface area contributed by atoms with Crippen molar-refractivity contribution < 1.29 is 0 Å². The molecule has 39 heavy (non-hydrogen) atoms. The smallest absolute Gasteiger partial charge is 0.0801 e. The van der Waals surface area contributed by atoms with Gasteiger partial charge in [0.15, 0.2) is 0 Å². The van der Waals surface area contributed by atoms with E-state index in [0.717, 1.165) is 35.8 Å². The zero-order valence-electron chi connectivity index (χ0n) is 23.6. The van der Waals surface area contributed by atoms with Gasteiger partial charge < -0.3 is 4.72 Å². The van der Waals surface area contributed by atoms with E-state index < -0.39 is 0 Å². The number of nitrogens with one attached hydrogen (secondary N) is 1. The quantitative estimate of drug-likeness (QED) is 0.243. The number of hydrogen-bond donors (Lipinski definition) is 1. The maximum atomic E-state index is 5.61. The maximum absolute atomic E-state index is 5.61. The highest BCUT2D eigenvalue weighted by Crippen LogP contribution is 2.34. The fraction of sp³-hybridized carbons (Fsp3) is 0.235. The van der Waals surface area contributed by atoms with Crippen molar-refractivity contribution in [2.24, 2.45) is 9.98 Å². The minimum atomic E-state index is 0.748. The van der Waals surface area contributed by atoms with Crippen LogP contribution in [0.25, 0.3) is 11.1 Å². The number of aryl methyl sites for hydroxylation is 2. The van der Waals surface area contributed by atoms with Crippen LogP contribution < -0.4 is 4.72 Å². The molecule has 0 saturated heterocycles. The molecule has 3 nitrogen and oxygen atoms in total. The molecule has 0 spiro atoms. The average Bonchev–Trinajstić information content (AvgIpc) is 3.60. The summed E-state index contributed by atoms with van der Waals surface area (Å²) in [6.45, 7) is 14.5. The van der Waals surface area contributed by atoms with E-state index in [-0.39, 0.29) is 0 Å². The summed E-state index contributed by atoms with van der Waals surface area (Å²) in [6, 6.07) is 23.1. The number of allylic oxidation sites excluding steroid dienone is 3. The average molecular weight is 556 g/mol. The highest BCUT2D eigenvalue weighted by molar-refractivity contribution is 7.97. The summed E-state index contributed by atoms with van der Waals surface area (Å²) in [6.07, 6.45) is 7.68. The van der Waals surface area contributed by atoms with Crippen LogP contribution in [0.3, 0.4) is 0 Å². The number of hydrogen-bond acceptors (Lipinski definition) is 4. The monoisotopic (exact) mass is 555 g/mol. The molecular formula is C34H38ClN3S. The van der Waals surface area contributed by atoms with Crippen LogP contribution in [0.2, 0.25) is 5.02 Å². The summed E-state index contributed by atoms with van der Waals surface area (Å²) >= 11 is 7.29. The van der Waals surface area contributed by atoms with Crippen molar-refractivity contribution in [3.8, 4) is 11.1 Å². The third kappa shape index (κ3) is 8.58. The SMILES string of the molecule is C=CC.CCc1cc(C2=NC=CC2)ccc1-c1ccccc1SNC1=C(C)C(C)=NC1.Cc1ccc(Cl)cc1. The summed E-state index contributed by atoms with van der Waals surface area (Å²) in [5, 5.41) is 0.801. The standard InChI is InChI=1S/C24H25N3S.C7H7Cl.C3H6/c1-4-18-14-19(22-9-7-13-25-22)11-12-20(18)21-8-5-6-10-24(21)28-27-23-15-26-17(3)16(23)2;1-6-2-4-7(8)5-3-6;1-3-2/h5-8,10-14,27H,4,9,15H2,1-3H3;2-5H,1H3;3H,1H2,2H3. The molecule has 3 aromatic rings. The van der Waals surface area contributed by atoms with Gasteiger partial charge in [-0.3, -0.25) is 9.98 Å². The largest absolute Gasteiger partial charge is 0.327 e. The zero-order valence-corrected chi connectivity index (χ0v) is 25.2. The molecule has 0 saturated carbocycles. The molecule has 2 aliphatic rings. The lowest BCUT2D eigenvalue weighted by molar-refractivity contribution is 1.07. The second-order valence-electron chi connectivity index (χ2n) is 9.30. The Kier molecular flexibility index (Phi) is 11.9. The minimum absolute atomic E-state index is 0.748. The Labute approximate surface area is 243 Å². The predicted molar refractivity (Wildman–Crippen MR) is 173 cm³/mol. The van der Waals surface area contributed by atoms with Gasteiger partial charge in [-0.05, 0) is 98.2 Å². The van der Waals surface area contributed by atoms with E-state index >= 15 is 0 Å². The van der Waals surface area contributed by atoms with Crippen molar-refractivity contribution in [3.05, 3.63) is 125 Å². The lowest BCUT2D eigenvalue weighted by Crippen LogP contribution is -2.07. The van der Waals surface area contributed by atoms with E-state index in [0.29, 0.717) is 0 Å². The summed E-state index contributed by atoms with van der Waals surface area (Å²) in [7, 11) is 0. The predicted octanol–water partition coefficient (Wildman–Crippen LogP) is 9.81. The topological polar surface area (TPSA) is 36.8 Å². The molecule has 0 fully saturated rings. The van der Waals surface area contributed by atoms with E-state index in [1.54, 1.807) is 18.0 Å². The summed E-state index contributed by atoms with van der Waals surface area (Å²) in [4.78, 5) is 10.2. The fourth-order valence-electron chi connectivity index (χ4n) is 4.07. The van der Waals surface area contributed by atoms with Crippen molar-refractivity contribution in [2.75, 3.05) is 6.54 Å². The molecular weight excluding hydrogens is 518 g/mol. The van der Waals surface area contributed by atoms with Gasteiger partial charge in [-0.2, -0.15) is 0 Å². The molecule has 3 aromatic carbocycles. The number of rotatable bonds is 6. The highest BCUT2D eigenvalue weighted by Gasteiger charge is 2.15. The molecule has 0 amide bonds. The molecule has 5 rings (SSSR count). The lowest BCUT2D eigenvalue weighted by atomic mass is 9.94. The molecule has 1 N–H and O–H groups in total. The Morgan fingerprint density at radius 1 is 1.00 bits per heavy atom. The van der Waals surface area contributed by atoms with Crippen LogP contribution >= 0.6 is 23.5 Å². The molecule has 2 aliphatic heterocycles. The van der Waals surface area contributed by atoms with E-state index in [1.807, 2.05) is 44.3 Å². The van der Waals surface area contributed by atoms with Crippen LogP contribution in [0, 0.1) is 6.92 Å². The van der Waals surface area contributed by atoms with Crippen LogP contribution in [-0.2, 0) is 6.42 Å². The Balaban J connectivity index is 0.000000321. The second-order valence-corrected chi connectivity index (χ2v) is 10.6. The van der Waals surface area contributed by atoms with E-state index in [2.05, 4.69) is 90.6 Å². The number of benzene rings is 3. The third-order valence-electron chi connectivity index (χ3n) is 6.41. The highest BCUT2D eigenvalue weighted by atomic mass is 35.5. The third-order valence-corrected chi connectivity index (χ3v) is 7.58. The van der Waals surface area contributed by atoms with Gasteiger partial charge in [0, 0.05) is 33.9 Å². The van der Waals surface area contributed by atoms with Crippen molar-refractivity contribution in [1.82, 2.24) is 4.72 Å². The van der Waals surface area contributed by atoms with Crippen LogP contribution in [-0.4, -0.2) is 18.0 Å². The van der Waals surface area contributed by atoms with Crippen molar-refractivity contribution in [3.63, 3.8) is 0 Å². The second kappa shape index (κ2) is 15.3. The first-order chi connectivity index (χ1) is 18.9. The molecule has 0 aliphatic carbocycles. The molecule has 5 heteroatoms. The molecule has 0 bridgehead atoms. The van der Waals surface area contributed by atoms with Gasteiger partial charge in [0.1, 0.15) is 0 Å². The minimum Gasteiger partial charge on any atom is -0.327 e. The summed E-state index contributed by atoms with van der Waals surface area (Å²) in [5.74, 6) is 0. The Morgan fingerprint density at radius 3 is 2.31 bits per heavy atom. The molecule has 0 aromatic heterocycles. The molecule has 0 atom stereocenters. The number of halogens is 1. The number of aliphatic imine (C=N–C) groups is 2. The van der Waals surface area contributed by atoms with Gasteiger partial charge in [0.25, 0.3) is 0 Å². The first-order valence-electron chi connectivity index (χ1n) is 13.3. The Hall–Kier alpha value is -3.34. The van der Waals surface area contributed by atoms with Gasteiger partial charge in [0.2, 0.25) is 0 Å². The lowest BCUT2D eigenvalue weighted by Gasteiger charge is -2.15. The normalized spacial score (nSPS) is 13.6. The van der Waals surface area contributed by atoms with Crippen molar-refractivity contribution in [2.45, 2.75) is 52.4 Å². The molecule has 0 radical (unpaired) electrons. The summed E-state index contributed by atoms with van der Waals surface area (Å²) < 4.78 is 3.54. The first kappa shape index (κ1) is 30.2. The molecule has 202 valence electrons. The van der Waals surface area contributed by atoms with Crippen LogP contribution in [0.1, 0.15) is 50.8 Å². The van der Waals surface area contributed by atoms with E-state index in [9.17, 15) is 0 Å². The molecule has 2 heterocycles. The van der Waals surface area contributed by atoms with Gasteiger partial charge in [-0.15, -0.1) is 6.58 Å². The van der Waals surface area contributed by atoms with Gasteiger partial charge in [0.05, 0.1) is 12.3 Å². The van der Waals surface area contributed by atoms with Crippen LogP contribution in [0.5, 0.6) is 0 Å². The Bertz CT molecular complexity index is 1380. The first-order valence-corrected chi connectivity index (χ1v) is 14.4. The van der Waals surface area contributed by atoms with Gasteiger partial charge in [-0.25, -0.2) is 0 Å². The van der Waals surface area contributed by atoms with Crippen LogP contribution in [0.4, 0.5) is 0 Å². The Morgan fingerprint density at radius 2 is 1.72 bits per heavy atom. The van der Waals surface area contributed by atoms with Gasteiger partial charge in [-0.1, -0.05) is 78.7 Å². The number of nitrogens with zero attached hydrogens (tertiary/aromatic N) is 2. The van der Waals surface area contributed by atoms with E-state index in [4.69, 9.17) is 11.6 Å². The van der Waals surface area contributed by atoms with Gasteiger partial charge >= 0.3 is 0 Å². The van der Waals surface area contributed by atoms with Crippen molar-refractivity contribution in [1.29, 1.82) is 0 Å². The van der Waals surface area contributed by atoms with Crippen LogP contribution in [0.15, 0.2) is 118 Å². The van der Waals surface area contributed by atoms with Crippen molar-refractivity contribution >= 4 is 35.0 Å². The zero-order chi connectivity index (χ0) is 28.2.